The van der Waals surface area contributed by atoms with E-state index in [1.54, 1.807) is 6.07 Å². The normalized spacial score (nSPS) is 16.1. The molecule has 0 aliphatic carbocycles. The Balaban J connectivity index is 2.23. The van der Waals surface area contributed by atoms with Crippen LogP contribution < -0.4 is 10.0 Å². The van der Waals surface area contributed by atoms with E-state index in [0.717, 1.165) is 30.3 Å². The van der Waals surface area contributed by atoms with E-state index in [1.807, 2.05) is 11.8 Å². The van der Waals surface area contributed by atoms with Crippen LogP contribution in [0.15, 0.2) is 18.2 Å². The Labute approximate surface area is 97.2 Å². The van der Waals surface area contributed by atoms with Gasteiger partial charge in [-0.1, -0.05) is 0 Å². The summed E-state index contributed by atoms with van der Waals surface area (Å²) in [6.45, 7) is 1.78. The minimum Gasteiger partial charge on any atom is -0.868 e. The van der Waals surface area contributed by atoms with Gasteiger partial charge in [-0.15, -0.1) is 0 Å². The quantitative estimate of drug-likeness (QED) is 0.573. The summed E-state index contributed by atoms with van der Waals surface area (Å²) in [5.74, 6) is 1.55. The molecule has 1 saturated heterocycles. The number of benzene rings is 1. The first-order valence-corrected chi connectivity index (χ1v) is 6.12. The fraction of sp³-hybridized carbons (Fsp3) is 0.400. The van der Waals surface area contributed by atoms with Crippen LogP contribution in [-0.4, -0.2) is 29.5 Å². The summed E-state index contributed by atoms with van der Waals surface area (Å²) < 4.78 is 0. The molecule has 0 N–H and O–H groups in total. The molecule has 1 aromatic rings. The van der Waals surface area contributed by atoms with Crippen LogP contribution in [-0.2, 0) is 0 Å². The maximum absolute atomic E-state index is 11.5. The molecule has 0 saturated carbocycles. The van der Waals surface area contributed by atoms with E-state index in [2.05, 4.69) is 4.90 Å². The molecule has 5 nitrogen and oxygen atoms in total. The van der Waals surface area contributed by atoms with Gasteiger partial charge in [-0.3, -0.25) is 10.1 Å². The lowest BCUT2D eigenvalue weighted by molar-refractivity contribution is -0.398. The Bertz CT molecular complexity index is 405. The summed E-state index contributed by atoms with van der Waals surface area (Å²) in [4.78, 5) is 11.9. The lowest BCUT2D eigenvalue weighted by Crippen LogP contribution is -2.32. The Kier molecular flexibility index (Phi) is 3.19. The largest absolute Gasteiger partial charge is 0.868 e. The van der Waals surface area contributed by atoms with Crippen LogP contribution in [0.1, 0.15) is 0 Å². The van der Waals surface area contributed by atoms with Gasteiger partial charge in [-0.2, -0.15) is 11.8 Å². The number of nitro groups is 1. The molecular weight excluding hydrogens is 228 g/mol. The number of rotatable bonds is 2. The SMILES string of the molecule is O=[N+]([O-])c1ccc(N2CCSCC2)cc1[O-]. The first kappa shape index (κ1) is 11.1. The van der Waals surface area contributed by atoms with Crippen LogP contribution in [0.5, 0.6) is 5.75 Å². The standard InChI is InChI=1S/C10H12N2O3S/c13-10-7-8(1-2-9(10)12(14)15)11-3-5-16-6-4-11/h1-2,7,13H,3-6H2/p-1. The van der Waals surface area contributed by atoms with Crippen LogP contribution >= 0.6 is 11.8 Å². The van der Waals surface area contributed by atoms with Gasteiger partial charge in [0, 0.05) is 36.3 Å². The predicted octanol–water partition coefficient (Wildman–Crippen LogP) is 1.22. The third kappa shape index (κ3) is 2.21. The Morgan fingerprint density at radius 2 is 2.00 bits per heavy atom. The third-order valence-electron chi connectivity index (χ3n) is 2.52. The fourth-order valence-electron chi connectivity index (χ4n) is 1.67. The first-order chi connectivity index (χ1) is 7.68. The van der Waals surface area contributed by atoms with Gasteiger partial charge >= 0.3 is 0 Å². The number of nitrogens with zero attached hydrogens (tertiary/aromatic N) is 2. The zero-order valence-electron chi connectivity index (χ0n) is 8.59. The second-order valence-electron chi connectivity index (χ2n) is 3.51. The van der Waals surface area contributed by atoms with Crippen LogP contribution in [0.4, 0.5) is 11.4 Å². The van der Waals surface area contributed by atoms with E-state index in [9.17, 15) is 15.2 Å². The highest BCUT2D eigenvalue weighted by atomic mass is 32.2. The average Bonchev–Trinajstić information content (AvgIpc) is 2.29. The van der Waals surface area contributed by atoms with Crippen molar-refractivity contribution >= 4 is 23.1 Å². The first-order valence-electron chi connectivity index (χ1n) is 4.96. The van der Waals surface area contributed by atoms with E-state index < -0.39 is 10.7 Å². The predicted molar refractivity (Wildman–Crippen MR) is 62.1 cm³/mol. The van der Waals surface area contributed by atoms with Gasteiger partial charge < -0.3 is 10.0 Å². The second kappa shape index (κ2) is 4.61. The Morgan fingerprint density at radius 3 is 2.56 bits per heavy atom. The molecule has 0 spiro atoms. The average molecular weight is 239 g/mol. The van der Waals surface area contributed by atoms with Gasteiger partial charge in [0.25, 0.3) is 5.69 Å². The molecule has 16 heavy (non-hydrogen) atoms. The van der Waals surface area contributed by atoms with Crippen LogP contribution in [0.25, 0.3) is 0 Å². The molecule has 2 rings (SSSR count). The summed E-state index contributed by atoms with van der Waals surface area (Å²) in [7, 11) is 0. The smallest absolute Gasteiger partial charge is 0.261 e. The molecule has 1 heterocycles. The molecule has 0 bridgehead atoms. The van der Waals surface area contributed by atoms with Crippen molar-refractivity contribution in [2.45, 2.75) is 0 Å². The lowest BCUT2D eigenvalue weighted by atomic mass is 10.2. The van der Waals surface area contributed by atoms with Crippen molar-refractivity contribution in [3.63, 3.8) is 0 Å². The summed E-state index contributed by atoms with van der Waals surface area (Å²) >= 11 is 1.88. The van der Waals surface area contributed by atoms with E-state index in [-0.39, 0.29) is 5.69 Å². The van der Waals surface area contributed by atoms with Crippen molar-refractivity contribution in [2.75, 3.05) is 29.5 Å². The van der Waals surface area contributed by atoms with Gasteiger partial charge in [0.15, 0.2) is 0 Å². The summed E-state index contributed by atoms with van der Waals surface area (Å²) in [5, 5.41) is 21.9. The van der Waals surface area contributed by atoms with Crippen molar-refractivity contribution in [1.82, 2.24) is 0 Å². The van der Waals surface area contributed by atoms with Gasteiger partial charge in [-0.25, -0.2) is 0 Å². The molecule has 1 aliphatic rings. The number of anilines is 1. The summed E-state index contributed by atoms with van der Waals surface area (Å²) in [6.07, 6.45) is 0. The highest BCUT2D eigenvalue weighted by molar-refractivity contribution is 7.99. The zero-order chi connectivity index (χ0) is 11.5. The molecular formula is C10H11N2O3S-. The van der Waals surface area contributed by atoms with Gasteiger partial charge in [-0.05, 0) is 17.9 Å². The number of thioether (sulfide) groups is 1. The van der Waals surface area contributed by atoms with Crippen molar-refractivity contribution in [1.29, 1.82) is 0 Å². The molecule has 0 atom stereocenters. The lowest BCUT2D eigenvalue weighted by Gasteiger charge is -2.29. The van der Waals surface area contributed by atoms with Gasteiger partial charge in [0.2, 0.25) is 0 Å². The van der Waals surface area contributed by atoms with Gasteiger partial charge in [0.1, 0.15) is 0 Å². The van der Waals surface area contributed by atoms with Crippen LogP contribution in [0, 0.1) is 10.1 Å². The van der Waals surface area contributed by atoms with E-state index in [0.29, 0.717) is 0 Å². The molecule has 6 heteroatoms. The molecule has 0 radical (unpaired) electrons. The van der Waals surface area contributed by atoms with Crippen molar-refractivity contribution < 1.29 is 10.0 Å². The van der Waals surface area contributed by atoms with Crippen molar-refractivity contribution in [2.24, 2.45) is 0 Å². The third-order valence-corrected chi connectivity index (χ3v) is 3.46. The van der Waals surface area contributed by atoms with E-state index in [4.69, 9.17) is 0 Å². The zero-order valence-corrected chi connectivity index (χ0v) is 9.40. The fourth-order valence-corrected chi connectivity index (χ4v) is 2.57. The molecule has 0 amide bonds. The van der Waals surface area contributed by atoms with Crippen molar-refractivity contribution in [3.05, 3.63) is 28.3 Å². The number of hydrogen-bond acceptors (Lipinski definition) is 5. The maximum Gasteiger partial charge on any atom is 0.261 e. The number of hydrogen-bond donors (Lipinski definition) is 0. The Hall–Kier alpha value is -1.43. The van der Waals surface area contributed by atoms with Gasteiger partial charge in [0.05, 0.1) is 4.92 Å². The minimum absolute atomic E-state index is 0.352. The number of nitro benzene ring substituents is 1. The maximum atomic E-state index is 11.5. The molecule has 1 fully saturated rings. The minimum atomic E-state index is -0.641. The highest BCUT2D eigenvalue weighted by Gasteiger charge is 2.13. The Morgan fingerprint density at radius 1 is 1.31 bits per heavy atom. The molecule has 0 aromatic heterocycles. The molecule has 1 aromatic carbocycles. The monoisotopic (exact) mass is 239 g/mol. The van der Waals surface area contributed by atoms with Crippen LogP contribution in [0.3, 0.4) is 0 Å². The molecule has 1 aliphatic heterocycles. The topological polar surface area (TPSA) is 69.4 Å². The highest BCUT2D eigenvalue weighted by Crippen LogP contribution is 2.29. The van der Waals surface area contributed by atoms with E-state index >= 15 is 0 Å². The van der Waals surface area contributed by atoms with E-state index in [1.165, 1.54) is 12.1 Å². The molecule has 0 unspecified atom stereocenters. The second-order valence-corrected chi connectivity index (χ2v) is 4.73. The van der Waals surface area contributed by atoms with Crippen LogP contribution in [0.2, 0.25) is 0 Å². The summed E-state index contributed by atoms with van der Waals surface area (Å²) in [6, 6.07) is 4.29. The molecule has 86 valence electrons. The summed E-state index contributed by atoms with van der Waals surface area (Å²) in [5.41, 5.74) is 0.436. The van der Waals surface area contributed by atoms with Crippen molar-refractivity contribution in [3.8, 4) is 5.75 Å².